The molecule has 0 heterocycles. The van der Waals surface area contributed by atoms with Crippen molar-refractivity contribution in [2.75, 3.05) is 0 Å². The molecule has 1 N–H and O–H groups in total. The van der Waals surface area contributed by atoms with Crippen LogP contribution in [0.4, 0.5) is 0 Å². The summed E-state index contributed by atoms with van der Waals surface area (Å²) in [4.78, 5) is 0. The lowest BCUT2D eigenvalue weighted by Gasteiger charge is -2.26. The van der Waals surface area contributed by atoms with Crippen LogP contribution in [0.1, 0.15) is 64.7 Å². The topological polar surface area (TPSA) is 20.2 Å². The summed E-state index contributed by atoms with van der Waals surface area (Å²) in [6, 6.07) is 0. The highest BCUT2D eigenvalue weighted by Gasteiger charge is 2.26. The zero-order valence-electron chi connectivity index (χ0n) is 9.31. The predicted octanol–water partition coefficient (Wildman–Crippen LogP) is 3.27. The molecule has 1 heteroatoms. The van der Waals surface area contributed by atoms with E-state index in [4.69, 9.17) is 0 Å². The van der Waals surface area contributed by atoms with E-state index >= 15 is 0 Å². The van der Waals surface area contributed by atoms with Crippen molar-refractivity contribution >= 4 is 0 Å². The van der Waals surface area contributed by atoms with Gasteiger partial charge in [-0.05, 0) is 32.1 Å². The Morgan fingerprint density at radius 3 is 2.50 bits per heavy atom. The summed E-state index contributed by atoms with van der Waals surface area (Å²) >= 11 is 0. The van der Waals surface area contributed by atoms with E-state index in [0.717, 1.165) is 32.1 Å². The largest absolute Gasteiger partial charge is 0.378 e. The second kappa shape index (κ2) is 6.09. The third kappa shape index (κ3) is 4.15. The molecule has 0 aliphatic heterocycles. The quantitative estimate of drug-likeness (QED) is 0.540. The molecule has 0 spiro atoms. The number of unbranched alkanes of at least 4 members (excludes halogenated alkanes) is 3. The Bertz CT molecular complexity index is 203. The molecule has 1 aliphatic carbocycles. The Morgan fingerprint density at radius 1 is 1.14 bits per heavy atom. The number of rotatable bonds is 3. The van der Waals surface area contributed by atoms with E-state index < -0.39 is 5.60 Å². The van der Waals surface area contributed by atoms with E-state index in [-0.39, 0.29) is 0 Å². The normalized spacial score (nSPS) is 19.9. The van der Waals surface area contributed by atoms with E-state index in [9.17, 15) is 5.11 Å². The maximum Gasteiger partial charge on any atom is 0.125 e. The highest BCUT2D eigenvalue weighted by atomic mass is 16.3. The Balaban J connectivity index is 2.25. The van der Waals surface area contributed by atoms with Crippen molar-refractivity contribution in [1.29, 1.82) is 0 Å². The average molecular weight is 194 g/mol. The number of hydrogen-bond donors (Lipinski definition) is 1. The molecule has 1 fully saturated rings. The minimum atomic E-state index is -0.634. The van der Waals surface area contributed by atoms with Gasteiger partial charge in [0, 0.05) is 6.42 Å². The lowest BCUT2D eigenvalue weighted by Crippen LogP contribution is -2.29. The Morgan fingerprint density at radius 2 is 1.86 bits per heavy atom. The Labute approximate surface area is 87.9 Å². The standard InChI is InChI=1S/C13H22O/c1-2-3-4-5-7-10-13(14)11-8-6-9-12-13/h14H,2-6,8-9,11-12H2,1H3. The molecule has 1 nitrogen and oxygen atoms in total. The van der Waals surface area contributed by atoms with E-state index in [1.165, 1.54) is 25.7 Å². The lowest BCUT2D eigenvalue weighted by atomic mass is 9.85. The van der Waals surface area contributed by atoms with Gasteiger partial charge in [-0.1, -0.05) is 32.1 Å². The molecule has 0 unspecified atom stereocenters. The minimum Gasteiger partial charge on any atom is -0.378 e. The van der Waals surface area contributed by atoms with Gasteiger partial charge < -0.3 is 5.11 Å². The van der Waals surface area contributed by atoms with Crippen LogP contribution in [0.5, 0.6) is 0 Å². The third-order valence-corrected chi connectivity index (χ3v) is 2.91. The summed E-state index contributed by atoms with van der Waals surface area (Å²) in [6.45, 7) is 2.20. The first kappa shape index (κ1) is 11.6. The molecule has 0 bridgehead atoms. The van der Waals surface area contributed by atoms with Gasteiger partial charge in [0.1, 0.15) is 5.60 Å². The second-order valence-corrected chi connectivity index (χ2v) is 4.35. The molecule has 0 amide bonds. The first-order valence-electron chi connectivity index (χ1n) is 5.99. The van der Waals surface area contributed by atoms with Crippen molar-refractivity contribution in [3.05, 3.63) is 0 Å². The van der Waals surface area contributed by atoms with Gasteiger partial charge in [-0.2, -0.15) is 0 Å². The van der Waals surface area contributed by atoms with Crippen molar-refractivity contribution < 1.29 is 5.11 Å². The van der Waals surface area contributed by atoms with E-state index in [1.807, 2.05) is 0 Å². The molecule has 1 aliphatic rings. The molecular weight excluding hydrogens is 172 g/mol. The van der Waals surface area contributed by atoms with Gasteiger partial charge in [-0.15, -0.1) is 5.92 Å². The van der Waals surface area contributed by atoms with Crippen molar-refractivity contribution in [3.8, 4) is 11.8 Å². The van der Waals surface area contributed by atoms with Crippen LogP contribution in [-0.2, 0) is 0 Å². The van der Waals surface area contributed by atoms with E-state index in [0.29, 0.717) is 0 Å². The summed E-state index contributed by atoms with van der Waals surface area (Å²) in [5.74, 6) is 6.19. The molecule has 0 aromatic rings. The highest BCUT2D eigenvalue weighted by molar-refractivity contribution is 5.14. The predicted molar refractivity (Wildman–Crippen MR) is 60.0 cm³/mol. The second-order valence-electron chi connectivity index (χ2n) is 4.35. The lowest BCUT2D eigenvalue weighted by molar-refractivity contribution is 0.0609. The van der Waals surface area contributed by atoms with Crippen LogP contribution in [0.25, 0.3) is 0 Å². The van der Waals surface area contributed by atoms with Gasteiger partial charge in [-0.25, -0.2) is 0 Å². The monoisotopic (exact) mass is 194 g/mol. The van der Waals surface area contributed by atoms with Gasteiger partial charge in [0.25, 0.3) is 0 Å². The molecular formula is C13H22O. The summed E-state index contributed by atoms with van der Waals surface area (Å²) in [7, 11) is 0. The molecule has 0 atom stereocenters. The van der Waals surface area contributed by atoms with E-state index in [2.05, 4.69) is 18.8 Å². The molecule has 0 radical (unpaired) electrons. The van der Waals surface area contributed by atoms with Gasteiger partial charge in [-0.3, -0.25) is 0 Å². The summed E-state index contributed by atoms with van der Waals surface area (Å²) < 4.78 is 0. The molecule has 0 aromatic carbocycles. The van der Waals surface area contributed by atoms with Crippen LogP contribution in [0.3, 0.4) is 0 Å². The van der Waals surface area contributed by atoms with E-state index in [1.54, 1.807) is 0 Å². The molecule has 80 valence electrons. The molecule has 1 rings (SSSR count). The average Bonchev–Trinajstić information content (AvgIpc) is 2.18. The van der Waals surface area contributed by atoms with Gasteiger partial charge >= 0.3 is 0 Å². The Hall–Kier alpha value is -0.480. The highest BCUT2D eigenvalue weighted by Crippen LogP contribution is 2.27. The Kier molecular flexibility index (Phi) is 5.04. The molecule has 0 aromatic heterocycles. The molecule has 1 saturated carbocycles. The van der Waals surface area contributed by atoms with Gasteiger partial charge in [0.2, 0.25) is 0 Å². The van der Waals surface area contributed by atoms with Crippen molar-refractivity contribution in [2.24, 2.45) is 0 Å². The zero-order chi connectivity index (χ0) is 10.3. The fourth-order valence-corrected chi connectivity index (χ4v) is 1.95. The summed E-state index contributed by atoms with van der Waals surface area (Å²) in [5, 5.41) is 10.1. The maximum atomic E-state index is 10.1. The van der Waals surface area contributed by atoms with Crippen LogP contribution in [-0.4, -0.2) is 10.7 Å². The minimum absolute atomic E-state index is 0.634. The maximum absolute atomic E-state index is 10.1. The SMILES string of the molecule is CCCCCC#CC1(O)CCCCC1. The van der Waals surface area contributed by atoms with Crippen LogP contribution >= 0.6 is 0 Å². The number of hydrogen-bond acceptors (Lipinski definition) is 1. The zero-order valence-corrected chi connectivity index (χ0v) is 9.31. The fourth-order valence-electron chi connectivity index (χ4n) is 1.95. The summed E-state index contributed by atoms with van der Waals surface area (Å²) in [6.07, 6.45) is 9.94. The van der Waals surface area contributed by atoms with Crippen molar-refractivity contribution in [2.45, 2.75) is 70.3 Å². The van der Waals surface area contributed by atoms with Gasteiger partial charge in [0.15, 0.2) is 0 Å². The third-order valence-electron chi connectivity index (χ3n) is 2.91. The van der Waals surface area contributed by atoms with Crippen molar-refractivity contribution in [3.63, 3.8) is 0 Å². The molecule has 14 heavy (non-hydrogen) atoms. The van der Waals surface area contributed by atoms with Crippen molar-refractivity contribution in [1.82, 2.24) is 0 Å². The smallest absolute Gasteiger partial charge is 0.125 e. The van der Waals surface area contributed by atoms with Crippen LogP contribution in [0, 0.1) is 11.8 Å². The molecule has 0 saturated heterocycles. The van der Waals surface area contributed by atoms with Gasteiger partial charge in [0.05, 0.1) is 0 Å². The number of aliphatic hydroxyl groups is 1. The first-order valence-corrected chi connectivity index (χ1v) is 5.99. The first-order chi connectivity index (χ1) is 6.77. The fraction of sp³-hybridized carbons (Fsp3) is 0.846. The van der Waals surface area contributed by atoms with Crippen LogP contribution < -0.4 is 0 Å². The summed E-state index contributed by atoms with van der Waals surface area (Å²) in [5.41, 5.74) is -0.634. The van der Waals surface area contributed by atoms with Crippen LogP contribution in [0.2, 0.25) is 0 Å². The van der Waals surface area contributed by atoms with Crippen LogP contribution in [0.15, 0.2) is 0 Å².